The van der Waals surface area contributed by atoms with Crippen LogP contribution in [0, 0.1) is 18.7 Å². The molecule has 1 aliphatic rings. The lowest BCUT2D eigenvalue weighted by Crippen LogP contribution is -2.42. The molecule has 0 saturated carbocycles. The van der Waals surface area contributed by atoms with Crippen molar-refractivity contribution in [2.24, 2.45) is 5.92 Å². The lowest BCUT2D eigenvalue weighted by molar-refractivity contribution is 0.0165. The number of para-hydroxylation sites is 1. The number of ether oxygens (including phenoxy) is 2. The zero-order valence-corrected chi connectivity index (χ0v) is 20.2. The van der Waals surface area contributed by atoms with Crippen LogP contribution in [0.5, 0.6) is 5.75 Å². The lowest BCUT2D eigenvalue weighted by atomic mass is 9.98. The van der Waals surface area contributed by atoms with Crippen LogP contribution in [0.25, 0.3) is 0 Å². The lowest BCUT2D eigenvalue weighted by Gasteiger charge is -2.33. The van der Waals surface area contributed by atoms with Crippen molar-refractivity contribution < 1.29 is 27.1 Å². The van der Waals surface area contributed by atoms with Gasteiger partial charge in [-0.2, -0.15) is 0 Å². The molecule has 33 heavy (non-hydrogen) atoms. The van der Waals surface area contributed by atoms with E-state index in [0.717, 1.165) is 5.56 Å². The number of nitrogens with zero attached hydrogens (tertiary/aromatic N) is 1. The summed E-state index contributed by atoms with van der Waals surface area (Å²) < 4.78 is 53.6. The van der Waals surface area contributed by atoms with Gasteiger partial charge in [0.15, 0.2) is 5.82 Å². The van der Waals surface area contributed by atoms with E-state index in [9.17, 15) is 17.6 Å². The summed E-state index contributed by atoms with van der Waals surface area (Å²) in [5.41, 5.74) is 0.155. The zero-order chi connectivity index (χ0) is 24.2. The van der Waals surface area contributed by atoms with Crippen LogP contribution in [0.2, 0.25) is 0 Å². The van der Waals surface area contributed by atoms with Crippen LogP contribution < -0.4 is 9.46 Å². The highest BCUT2D eigenvalue weighted by atomic mass is 32.2. The first-order valence-electron chi connectivity index (χ1n) is 10.9. The van der Waals surface area contributed by atoms with Gasteiger partial charge >= 0.3 is 6.09 Å². The maximum Gasteiger partial charge on any atom is 0.410 e. The number of sulfonamides is 1. The fourth-order valence-corrected chi connectivity index (χ4v) is 4.53. The largest absolute Gasteiger partial charge is 0.491 e. The van der Waals surface area contributed by atoms with Gasteiger partial charge in [0, 0.05) is 13.1 Å². The quantitative estimate of drug-likeness (QED) is 0.634. The van der Waals surface area contributed by atoms with Gasteiger partial charge in [-0.1, -0.05) is 23.8 Å². The van der Waals surface area contributed by atoms with Gasteiger partial charge in [0.25, 0.3) is 10.0 Å². The van der Waals surface area contributed by atoms with Gasteiger partial charge in [-0.25, -0.2) is 17.6 Å². The Bertz CT molecular complexity index is 1070. The number of benzene rings is 2. The van der Waals surface area contributed by atoms with E-state index in [2.05, 4.69) is 4.72 Å². The molecule has 0 spiro atoms. The number of piperidine rings is 1. The monoisotopic (exact) mass is 478 g/mol. The highest BCUT2D eigenvalue weighted by Gasteiger charge is 2.27. The number of anilines is 1. The molecule has 1 amide bonds. The van der Waals surface area contributed by atoms with E-state index in [1.165, 1.54) is 30.3 Å². The first kappa shape index (κ1) is 24.8. The Balaban J connectivity index is 1.62. The molecular weight excluding hydrogens is 447 g/mol. The molecule has 0 radical (unpaired) electrons. The third-order valence-electron chi connectivity index (χ3n) is 5.28. The number of hydrogen-bond donors (Lipinski definition) is 1. The second kappa shape index (κ2) is 9.99. The number of hydrogen-bond acceptors (Lipinski definition) is 5. The molecule has 0 bridgehead atoms. The fourth-order valence-electron chi connectivity index (χ4n) is 3.45. The average molecular weight is 479 g/mol. The van der Waals surface area contributed by atoms with E-state index in [1.54, 1.807) is 17.0 Å². The molecule has 2 aromatic rings. The summed E-state index contributed by atoms with van der Waals surface area (Å²) >= 11 is 0. The molecule has 0 unspecified atom stereocenters. The summed E-state index contributed by atoms with van der Waals surface area (Å²) in [5, 5.41) is 0. The molecule has 3 rings (SSSR count). The summed E-state index contributed by atoms with van der Waals surface area (Å²) in [6, 6.07) is 10.5. The molecule has 1 saturated heterocycles. The third kappa shape index (κ3) is 6.83. The first-order chi connectivity index (χ1) is 15.4. The van der Waals surface area contributed by atoms with E-state index in [4.69, 9.17) is 9.47 Å². The molecule has 0 atom stereocenters. The molecule has 180 valence electrons. The van der Waals surface area contributed by atoms with Gasteiger partial charge in [0.05, 0.1) is 11.5 Å². The number of carbonyl (C=O) groups is 1. The van der Waals surface area contributed by atoms with Crippen LogP contribution in [0.4, 0.5) is 14.9 Å². The molecule has 7 nitrogen and oxygen atoms in total. The van der Waals surface area contributed by atoms with E-state index < -0.39 is 21.4 Å². The maximum atomic E-state index is 14.5. The predicted molar refractivity (Wildman–Crippen MR) is 124 cm³/mol. The van der Waals surface area contributed by atoms with E-state index in [1.807, 2.05) is 27.7 Å². The molecule has 2 aromatic carbocycles. The Morgan fingerprint density at radius 3 is 2.36 bits per heavy atom. The Labute approximate surface area is 194 Å². The summed E-state index contributed by atoms with van der Waals surface area (Å²) in [5.74, 6) is -0.447. The number of nitrogens with one attached hydrogen (secondary N) is 1. The fraction of sp³-hybridized carbons (Fsp3) is 0.458. The van der Waals surface area contributed by atoms with Crippen LogP contribution in [0.15, 0.2) is 47.4 Å². The Kier molecular flexibility index (Phi) is 7.51. The number of rotatable bonds is 6. The van der Waals surface area contributed by atoms with E-state index in [0.29, 0.717) is 25.9 Å². The van der Waals surface area contributed by atoms with Crippen LogP contribution in [-0.2, 0) is 14.8 Å². The number of carbonyl (C=O) groups excluding carboxylic acids is 1. The van der Waals surface area contributed by atoms with Gasteiger partial charge in [-0.05, 0) is 70.7 Å². The van der Waals surface area contributed by atoms with Crippen molar-refractivity contribution in [3.63, 3.8) is 0 Å². The van der Waals surface area contributed by atoms with Crippen LogP contribution >= 0.6 is 0 Å². The number of likely N-dealkylation sites (tertiary alicyclic amines) is 1. The van der Waals surface area contributed by atoms with Crippen molar-refractivity contribution in [1.29, 1.82) is 0 Å². The van der Waals surface area contributed by atoms with Crippen molar-refractivity contribution >= 4 is 21.8 Å². The summed E-state index contributed by atoms with van der Waals surface area (Å²) in [6.07, 6.45) is 1.08. The number of amides is 1. The Morgan fingerprint density at radius 1 is 1.12 bits per heavy atom. The average Bonchev–Trinajstić information content (AvgIpc) is 2.73. The van der Waals surface area contributed by atoms with Crippen molar-refractivity contribution in [2.75, 3.05) is 24.4 Å². The summed E-state index contributed by atoms with van der Waals surface area (Å²) in [6.45, 7) is 8.70. The van der Waals surface area contributed by atoms with Crippen LogP contribution in [-0.4, -0.2) is 44.7 Å². The normalized spacial score (nSPS) is 15.2. The van der Waals surface area contributed by atoms with Gasteiger partial charge in [0.2, 0.25) is 0 Å². The second-order valence-electron chi connectivity index (χ2n) is 9.25. The van der Waals surface area contributed by atoms with Gasteiger partial charge < -0.3 is 14.4 Å². The van der Waals surface area contributed by atoms with Gasteiger partial charge in [-0.15, -0.1) is 0 Å². The Hall–Kier alpha value is -2.81. The van der Waals surface area contributed by atoms with Crippen LogP contribution in [0.1, 0.15) is 39.2 Å². The molecule has 0 aromatic heterocycles. The number of aryl methyl sites for hydroxylation is 1. The molecule has 0 aliphatic carbocycles. The summed E-state index contributed by atoms with van der Waals surface area (Å²) in [4.78, 5) is 13.9. The summed E-state index contributed by atoms with van der Waals surface area (Å²) in [7, 11) is -3.98. The number of halogens is 1. The minimum atomic E-state index is -3.98. The second-order valence-corrected chi connectivity index (χ2v) is 10.9. The third-order valence-corrected chi connectivity index (χ3v) is 6.65. The van der Waals surface area contributed by atoms with Gasteiger partial charge in [0.1, 0.15) is 17.0 Å². The highest BCUT2D eigenvalue weighted by molar-refractivity contribution is 7.92. The topological polar surface area (TPSA) is 84.9 Å². The molecule has 1 N–H and O–H groups in total. The highest BCUT2D eigenvalue weighted by Crippen LogP contribution is 2.31. The maximum absolute atomic E-state index is 14.5. The predicted octanol–water partition coefficient (Wildman–Crippen LogP) is 4.96. The SMILES string of the molecule is Cc1ccc(S(=O)(=O)Nc2c(F)cccc2OCC2CCN(C(=O)OC(C)(C)C)CC2)cc1. The molecular formula is C24H31FN2O5S. The van der Waals surface area contributed by atoms with Crippen LogP contribution in [0.3, 0.4) is 0 Å². The first-order valence-corrected chi connectivity index (χ1v) is 12.4. The van der Waals surface area contributed by atoms with Gasteiger partial charge in [-0.3, -0.25) is 4.72 Å². The molecule has 1 aliphatic heterocycles. The zero-order valence-electron chi connectivity index (χ0n) is 19.4. The minimum absolute atomic E-state index is 0.0387. The van der Waals surface area contributed by atoms with E-state index in [-0.39, 0.29) is 35.0 Å². The van der Waals surface area contributed by atoms with E-state index >= 15 is 0 Å². The molecule has 1 fully saturated rings. The Morgan fingerprint density at radius 2 is 1.76 bits per heavy atom. The molecule has 1 heterocycles. The minimum Gasteiger partial charge on any atom is -0.491 e. The van der Waals surface area contributed by atoms with Crippen molar-refractivity contribution in [3.8, 4) is 5.75 Å². The van der Waals surface area contributed by atoms with Crippen molar-refractivity contribution in [2.45, 2.75) is 51.0 Å². The van der Waals surface area contributed by atoms with Crippen molar-refractivity contribution in [1.82, 2.24) is 4.90 Å². The standard InChI is InChI=1S/C24H31FN2O5S/c1-17-8-10-19(11-9-17)33(29,30)26-22-20(25)6-5-7-21(22)31-16-18-12-14-27(15-13-18)23(28)32-24(2,3)4/h5-11,18,26H,12-16H2,1-4H3. The molecule has 9 heteroatoms. The smallest absolute Gasteiger partial charge is 0.410 e. The van der Waals surface area contributed by atoms with Crippen molar-refractivity contribution in [3.05, 3.63) is 53.8 Å².